The summed E-state index contributed by atoms with van der Waals surface area (Å²) in [7, 11) is 0. The van der Waals surface area contributed by atoms with Gasteiger partial charge in [0.1, 0.15) is 0 Å². The molecule has 2 aliphatic carbocycles. The van der Waals surface area contributed by atoms with E-state index in [9.17, 15) is 0 Å². The van der Waals surface area contributed by atoms with Gasteiger partial charge in [-0.1, -0.05) is 31.4 Å². The van der Waals surface area contributed by atoms with Gasteiger partial charge in [-0.05, 0) is 50.4 Å². The van der Waals surface area contributed by atoms with E-state index in [1.54, 1.807) is 5.57 Å². The van der Waals surface area contributed by atoms with Crippen LogP contribution in [0.3, 0.4) is 0 Å². The maximum atomic E-state index is 3.34. The minimum atomic E-state index is 0.757. The number of allylic oxidation sites excluding steroid dienone is 2. The third-order valence-corrected chi connectivity index (χ3v) is 4.35. The Labute approximate surface area is 107 Å². The van der Waals surface area contributed by atoms with E-state index in [0.29, 0.717) is 0 Å². The quantitative estimate of drug-likeness (QED) is 0.352. The molecule has 0 heteroatoms. The monoisotopic (exact) mass is 230 g/mol. The molecule has 2 rings (SSSR count). The molecule has 0 heterocycles. The van der Waals surface area contributed by atoms with Gasteiger partial charge in [0.25, 0.3) is 0 Å². The molecule has 2 aliphatic rings. The van der Waals surface area contributed by atoms with E-state index in [1.807, 2.05) is 0 Å². The van der Waals surface area contributed by atoms with Crippen LogP contribution in [0.25, 0.3) is 0 Å². The summed E-state index contributed by atoms with van der Waals surface area (Å²) < 4.78 is 0. The second-order valence-corrected chi connectivity index (χ2v) is 5.66. The van der Waals surface area contributed by atoms with Gasteiger partial charge in [-0.2, -0.15) is 0 Å². The smallest absolute Gasteiger partial charge is 0.0152 e. The lowest BCUT2D eigenvalue weighted by Gasteiger charge is -2.18. The zero-order chi connectivity index (χ0) is 11.9. The first-order chi connectivity index (χ1) is 8.40. The Morgan fingerprint density at radius 1 is 1.12 bits per heavy atom. The number of hydrogen-bond acceptors (Lipinski definition) is 0. The van der Waals surface area contributed by atoms with E-state index in [1.165, 1.54) is 51.4 Å². The minimum Gasteiger partial charge on any atom is -0.103 e. The van der Waals surface area contributed by atoms with E-state index < -0.39 is 0 Å². The van der Waals surface area contributed by atoms with Gasteiger partial charge in [0.2, 0.25) is 0 Å². The molecule has 0 amide bonds. The van der Waals surface area contributed by atoms with Crippen LogP contribution in [0.1, 0.15) is 71.1 Å². The summed E-state index contributed by atoms with van der Waals surface area (Å²) in [5.74, 6) is 8.25. The van der Waals surface area contributed by atoms with Crippen LogP contribution < -0.4 is 0 Å². The van der Waals surface area contributed by atoms with Crippen molar-refractivity contribution in [2.75, 3.05) is 0 Å². The molecule has 1 saturated carbocycles. The molecule has 0 nitrogen and oxygen atoms in total. The fourth-order valence-electron chi connectivity index (χ4n) is 3.26. The van der Waals surface area contributed by atoms with Crippen molar-refractivity contribution in [3.8, 4) is 11.8 Å². The molecule has 0 bridgehead atoms. The summed E-state index contributed by atoms with van der Waals surface area (Å²) >= 11 is 0. The molecule has 0 aromatic heterocycles. The van der Waals surface area contributed by atoms with Crippen molar-refractivity contribution in [1.82, 2.24) is 0 Å². The summed E-state index contributed by atoms with van der Waals surface area (Å²) in [6, 6.07) is 0. The highest BCUT2D eigenvalue weighted by atomic mass is 14.2. The zero-order valence-corrected chi connectivity index (χ0v) is 11.3. The molecule has 0 N–H and O–H groups in total. The number of rotatable bonds is 2. The van der Waals surface area contributed by atoms with E-state index in [2.05, 4.69) is 24.8 Å². The van der Waals surface area contributed by atoms with Gasteiger partial charge in [0.15, 0.2) is 0 Å². The highest BCUT2D eigenvalue weighted by Crippen LogP contribution is 2.32. The predicted molar refractivity (Wildman–Crippen MR) is 74.7 cm³/mol. The average Bonchev–Trinajstić information content (AvgIpc) is 2.72. The summed E-state index contributed by atoms with van der Waals surface area (Å²) in [4.78, 5) is 0. The first-order valence-electron chi connectivity index (χ1n) is 7.56. The minimum absolute atomic E-state index is 0.757. The first kappa shape index (κ1) is 12.7. The van der Waals surface area contributed by atoms with Crippen molar-refractivity contribution in [2.24, 2.45) is 11.8 Å². The Bertz CT molecular complexity index is 313. The Kier molecular flexibility index (Phi) is 5.17. The third-order valence-electron chi connectivity index (χ3n) is 4.35. The molecule has 0 spiro atoms. The van der Waals surface area contributed by atoms with Crippen molar-refractivity contribution in [3.05, 3.63) is 11.6 Å². The SMILES string of the molecule is CCC1CCCCCC1=CC1CC#CCCC1. The van der Waals surface area contributed by atoms with Gasteiger partial charge in [-0.3, -0.25) is 0 Å². The fraction of sp³-hybridized carbons (Fsp3) is 0.765. The summed E-state index contributed by atoms with van der Waals surface area (Å²) in [5.41, 5.74) is 1.78. The maximum absolute atomic E-state index is 3.34. The van der Waals surface area contributed by atoms with E-state index in [-0.39, 0.29) is 0 Å². The molecule has 0 aromatic rings. The number of hydrogen-bond donors (Lipinski definition) is 0. The van der Waals surface area contributed by atoms with Gasteiger partial charge in [0, 0.05) is 12.8 Å². The van der Waals surface area contributed by atoms with Crippen molar-refractivity contribution in [1.29, 1.82) is 0 Å². The second kappa shape index (κ2) is 6.90. The van der Waals surface area contributed by atoms with Gasteiger partial charge < -0.3 is 0 Å². The Hall–Kier alpha value is -0.700. The van der Waals surface area contributed by atoms with Crippen LogP contribution in [0.5, 0.6) is 0 Å². The van der Waals surface area contributed by atoms with E-state index in [0.717, 1.165) is 24.7 Å². The molecular weight excluding hydrogens is 204 g/mol. The molecule has 0 aromatic carbocycles. The van der Waals surface area contributed by atoms with Gasteiger partial charge >= 0.3 is 0 Å². The highest BCUT2D eigenvalue weighted by molar-refractivity contribution is 5.13. The normalized spacial score (nSPS) is 32.4. The lowest BCUT2D eigenvalue weighted by atomic mass is 9.87. The Morgan fingerprint density at radius 2 is 2.06 bits per heavy atom. The molecule has 0 radical (unpaired) electrons. The van der Waals surface area contributed by atoms with Crippen molar-refractivity contribution >= 4 is 0 Å². The van der Waals surface area contributed by atoms with Crippen molar-refractivity contribution in [3.63, 3.8) is 0 Å². The van der Waals surface area contributed by atoms with Crippen molar-refractivity contribution in [2.45, 2.75) is 71.1 Å². The fourth-order valence-corrected chi connectivity index (χ4v) is 3.26. The zero-order valence-electron chi connectivity index (χ0n) is 11.3. The topological polar surface area (TPSA) is 0 Å². The van der Waals surface area contributed by atoms with Crippen molar-refractivity contribution < 1.29 is 0 Å². The molecule has 1 fully saturated rings. The van der Waals surface area contributed by atoms with Gasteiger partial charge in [-0.15, -0.1) is 11.8 Å². The van der Waals surface area contributed by atoms with E-state index >= 15 is 0 Å². The first-order valence-corrected chi connectivity index (χ1v) is 7.56. The molecular formula is C17H26. The van der Waals surface area contributed by atoms with Gasteiger partial charge in [0.05, 0.1) is 0 Å². The Balaban J connectivity index is 2.03. The summed E-state index contributed by atoms with van der Waals surface area (Å²) in [6.45, 7) is 2.36. The average molecular weight is 230 g/mol. The van der Waals surface area contributed by atoms with Crippen LogP contribution in [0, 0.1) is 23.7 Å². The highest BCUT2D eigenvalue weighted by Gasteiger charge is 2.17. The van der Waals surface area contributed by atoms with Crippen LogP contribution >= 0.6 is 0 Å². The molecule has 0 aliphatic heterocycles. The second-order valence-electron chi connectivity index (χ2n) is 5.66. The van der Waals surface area contributed by atoms with Crippen LogP contribution in [0.4, 0.5) is 0 Å². The molecule has 94 valence electrons. The Morgan fingerprint density at radius 3 is 2.94 bits per heavy atom. The standard InChI is InChI=1S/C17H26/c1-2-16-12-8-5-9-13-17(16)14-15-10-6-3-4-7-11-15/h14-16H,2-3,5-6,8-13H2,1H3. The third kappa shape index (κ3) is 3.91. The van der Waals surface area contributed by atoms with Crippen LogP contribution in [-0.4, -0.2) is 0 Å². The van der Waals surface area contributed by atoms with Crippen LogP contribution in [0.15, 0.2) is 11.6 Å². The molecule has 17 heavy (non-hydrogen) atoms. The van der Waals surface area contributed by atoms with Gasteiger partial charge in [-0.25, -0.2) is 0 Å². The summed E-state index contributed by atoms with van der Waals surface area (Å²) in [6.07, 6.45) is 15.9. The summed E-state index contributed by atoms with van der Waals surface area (Å²) in [5, 5.41) is 0. The largest absolute Gasteiger partial charge is 0.103 e. The molecule has 0 saturated heterocycles. The lowest BCUT2D eigenvalue weighted by molar-refractivity contribution is 0.517. The molecule has 2 atom stereocenters. The van der Waals surface area contributed by atoms with Crippen LogP contribution in [-0.2, 0) is 0 Å². The molecule has 2 unspecified atom stereocenters. The lowest BCUT2D eigenvalue weighted by Crippen LogP contribution is -2.04. The van der Waals surface area contributed by atoms with E-state index in [4.69, 9.17) is 0 Å². The predicted octanol–water partition coefficient (Wildman–Crippen LogP) is 5.10. The van der Waals surface area contributed by atoms with Crippen LogP contribution in [0.2, 0.25) is 0 Å². The maximum Gasteiger partial charge on any atom is 0.0152 e.